The van der Waals surface area contributed by atoms with Crippen LogP contribution in [0.4, 0.5) is 0 Å². The summed E-state index contributed by atoms with van der Waals surface area (Å²) in [5.74, 6) is 0.935. The molecule has 0 spiro atoms. The maximum absolute atomic E-state index is 2.28. The molecule has 0 atom stereocenters. The Morgan fingerprint density at radius 3 is 1.08 bits per heavy atom. The van der Waals surface area contributed by atoms with Crippen LogP contribution in [-0.2, 0) is 0 Å². The molecule has 0 aromatic heterocycles. The van der Waals surface area contributed by atoms with Crippen molar-refractivity contribution in [1.29, 1.82) is 0 Å². The summed E-state index contributed by atoms with van der Waals surface area (Å²) < 4.78 is 0. The Balaban J connectivity index is 0. The van der Waals surface area contributed by atoms with E-state index in [-0.39, 0.29) is 0 Å². The van der Waals surface area contributed by atoms with E-state index in [1.54, 1.807) is 0 Å². The van der Waals surface area contributed by atoms with Crippen molar-refractivity contribution >= 4 is 0 Å². The summed E-state index contributed by atoms with van der Waals surface area (Å²) in [6.07, 6.45) is 8.66. The summed E-state index contributed by atoms with van der Waals surface area (Å²) in [6, 6.07) is 0. The third-order valence-electron chi connectivity index (χ3n) is 2.39. The molecule has 1 saturated carbocycles. The van der Waals surface area contributed by atoms with Crippen molar-refractivity contribution < 1.29 is 0 Å². The molecule has 0 N–H and O–H groups in total. The molecular formula is C12H28. The SMILES string of the molecule is C1CCC1.CC.CCC(C)CC. The van der Waals surface area contributed by atoms with Gasteiger partial charge in [-0.3, -0.25) is 0 Å². The fraction of sp³-hybridized carbons (Fsp3) is 1.00. The van der Waals surface area contributed by atoms with Gasteiger partial charge in [-0.2, -0.15) is 0 Å². The van der Waals surface area contributed by atoms with E-state index >= 15 is 0 Å². The zero-order valence-electron chi connectivity index (χ0n) is 9.82. The molecule has 76 valence electrons. The molecule has 0 radical (unpaired) electrons. The Bertz CT molecular complexity index is 45.1. The average molecular weight is 172 g/mol. The second-order valence-electron chi connectivity index (χ2n) is 3.34. The lowest BCUT2D eigenvalue weighted by Crippen LogP contribution is -1.85. The maximum Gasteiger partial charge on any atom is -0.0448 e. The molecule has 1 aliphatic carbocycles. The van der Waals surface area contributed by atoms with Crippen molar-refractivity contribution in [3.8, 4) is 0 Å². The van der Waals surface area contributed by atoms with Crippen molar-refractivity contribution in [3.63, 3.8) is 0 Å². The summed E-state index contributed by atoms with van der Waals surface area (Å²) in [6.45, 7) is 10.7. The van der Waals surface area contributed by atoms with Crippen LogP contribution in [0.1, 0.15) is 73.1 Å². The van der Waals surface area contributed by atoms with Crippen molar-refractivity contribution in [2.24, 2.45) is 5.92 Å². The molecular weight excluding hydrogens is 144 g/mol. The molecule has 1 fully saturated rings. The van der Waals surface area contributed by atoms with E-state index in [4.69, 9.17) is 0 Å². The first kappa shape index (κ1) is 14.5. The monoisotopic (exact) mass is 172 g/mol. The van der Waals surface area contributed by atoms with E-state index in [2.05, 4.69) is 20.8 Å². The molecule has 0 bridgehead atoms. The molecule has 0 amide bonds. The highest BCUT2D eigenvalue weighted by molar-refractivity contribution is 4.50. The van der Waals surface area contributed by atoms with Crippen LogP contribution < -0.4 is 0 Å². The predicted molar refractivity (Wildman–Crippen MR) is 59.6 cm³/mol. The van der Waals surface area contributed by atoms with E-state index in [9.17, 15) is 0 Å². The van der Waals surface area contributed by atoms with Crippen molar-refractivity contribution in [2.45, 2.75) is 73.1 Å². The first-order chi connectivity index (χ1) is 5.81. The molecule has 0 aromatic rings. The Kier molecular flexibility index (Phi) is 16.4. The maximum atomic E-state index is 2.28. The summed E-state index contributed by atoms with van der Waals surface area (Å²) >= 11 is 0. The third-order valence-corrected chi connectivity index (χ3v) is 2.39. The molecule has 0 unspecified atom stereocenters. The molecule has 0 aromatic carbocycles. The van der Waals surface area contributed by atoms with Crippen LogP contribution in [0.3, 0.4) is 0 Å². The molecule has 0 heterocycles. The highest BCUT2D eigenvalue weighted by Crippen LogP contribution is 2.15. The predicted octanol–water partition coefficient (Wildman–Crippen LogP) is 5.03. The van der Waals surface area contributed by atoms with Crippen LogP contribution >= 0.6 is 0 Å². The second-order valence-corrected chi connectivity index (χ2v) is 3.34. The molecule has 1 rings (SSSR count). The quantitative estimate of drug-likeness (QED) is 0.548. The Morgan fingerprint density at radius 2 is 1.08 bits per heavy atom. The minimum Gasteiger partial charge on any atom is -0.0683 e. The molecule has 1 aliphatic rings. The van der Waals surface area contributed by atoms with E-state index in [0.717, 1.165) is 5.92 Å². The molecule has 0 aliphatic heterocycles. The van der Waals surface area contributed by atoms with Gasteiger partial charge < -0.3 is 0 Å². The number of hydrogen-bond donors (Lipinski definition) is 0. The standard InChI is InChI=1S/C6H14.C4H8.C2H6/c1-4-6(3)5-2;1-2-4-3-1;1-2/h6H,4-5H2,1-3H3;1-4H2;1-2H3. The summed E-state index contributed by atoms with van der Waals surface area (Å²) in [7, 11) is 0. The van der Waals surface area contributed by atoms with Gasteiger partial charge in [0.05, 0.1) is 0 Å². The Morgan fingerprint density at radius 1 is 0.833 bits per heavy atom. The Labute approximate surface area is 79.8 Å². The van der Waals surface area contributed by atoms with Gasteiger partial charge in [0.25, 0.3) is 0 Å². The van der Waals surface area contributed by atoms with Gasteiger partial charge in [-0.15, -0.1) is 0 Å². The fourth-order valence-corrected chi connectivity index (χ4v) is 0.539. The highest BCUT2D eigenvalue weighted by atomic mass is 14.0. The number of hydrogen-bond acceptors (Lipinski definition) is 0. The van der Waals surface area contributed by atoms with Gasteiger partial charge in [-0.25, -0.2) is 0 Å². The van der Waals surface area contributed by atoms with Gasteiger partial charge >= 0.3 is 0 Å². The minimum absolute atomic E-state index is 0.935. The molecule has 0 nitrogen and oxygen atoms in total. The minimum atomic E-state index is 0.935. The fourth-order valence-electron chi connectivity index (χ4n) is 0.539. The lowest BCUT2D eigenvalue weighted by molar-refractivity contribution is 0.504. The first-order valence-corrected chi connectivity index (χ1v) is 5.81. The molecule has 12 heavy (non-hydrogen) atoms. The van der Waals surface area contributed by atoms with Crippen molar-refractivity contribution in [1.82, 2.24) is 0 Å². The lowest BCUT2D eigenvalue weighted by Gasteiger charge is -2.05. The molecule has 0 saturated heterocycles. The van der Waals surface area contributed by atoms with Crippen LogP contribution in [0.15, 0.2) is 0 Å². The smallest absolute Gasteiger partial charge is 0.0448 e. The average Bonchev–Trinajstić information content (AvgIpc) is 2.04. The van der Waals surface area contributed by atoms with Crippen molar-refractivity contribution in [2.75, 3.05) is 0 Å². The summed E-state index contributed by atoms with van der Waals surface area (Å²) in [4.78, 5) is 0. The first-order valence-electron chi connectivity index (χ1n) is 5.81. The van der Waals surface area contributed by atoms with E-state index < -0.39 is 0 Å². The van der Waals surface area contributed by atoms with Gasteiger partial charge in [0.2, 0.25) is 0 Å². The van der Waals surface area contributed by atoms with Crippen LogP contribution in [0.2, 0.25) is 0 Å². The van der Waals surface area contributed by atoms with Gasteiger partial charge in [0.1, 0.15) is 0 Å². The zero-order chi connectivity index (χ0) is 9.82. The van der Waals surface area contributed by atoms with Gasteiger partial charge in [-0.1, -0.05) is 73.1 Å². The normalized spacial score (nSPS) is 13.5. The van der Waals surface area contributed by atoms with Gasteiger partial charge in [-0.05, 0) is 5.92 Å². The summed E-state index contributed by atoms with van der Waals surface area (Å²) in [5.41, 5.74) is 0. The largest absolute Gasteiger partial charge is 0.0683 e. The second kappa shape index (κ2) is 13.6. The van der Waals surface area contributed by atoms with Gasteiger partial charge in [0, 0.05) is 0 Å². The zero-order valence-corrected chi connectivity index (χ0v) is 9.82. The van der Waals surface area contributed by atoms with Crippen LogP contribution in [0.5, 0.6) is 0 Å². The lowest BCUT2D eigenvalue weighted by atomic mass is 10.0. The Hall–Kier alpha value is 0. The van der Waals surface area contributed by atoms with Crippen LogP contribution in [0, 0.1) is 5.92 Å². The van der Waals surface area contributed by atoms with E-state index in [1.165, 1.54) is 38.5 Å². The van der Waals surface area contributed by atoms with Crippen molar-refractivity contribution in [3.05, 3.63) is 0 Å². The highest BCUT2D eigenvalue weighted by Gasteiger charge is 1.95. The topological polar surface area (TPSA) is 0 Å². The van der Waals surface area contributed by atoms with Crippen LogP contribution in [0.25, 0.3) is 0 Å². The summed E-state index contributed by atoms with van der Waals surface area (Å²) in [5, 5.41) is 0. The van der Waals surface area contributed by atoms with E-state index in [1.807, 2.05) is 13.8 Å². The molecule has 0 heteroatoms. The van der Waals surface area contributed by atoms with E-state index in [0.29, 0.717) is 0 Å². The van der Waals surface area contributed by atoms with Gasteiger partial charge in [0.15, 0.2) is 0 Å². The number of rotatable bonds is 2. The third kappa shape index (κ3) is 12.7. The van der Waals surface area contributed by atoms with Crippen LogP contribution in [-0.4, -0.2) is 0 Å².